The lowest BCUT2D eigenvalue weighted by molar-refractivity contribution is -0.124. The average molecular weight is 459 g/mol. The highest BCUT2D eigenvalue weighted by atomic mass is 16.6. The lowest BCUT2D eigenvalue weighted by atomic mass is 9.82. The summed E-state index contributed by atoms with van der Waals surface area (Å²) in [6.45, 7) is 5.22. The van der Waals surface area contributed by atoms with Gasteiger partial charge in [-0.25, -0.2) is 4.79 Å². The maximum atomic E-state index is 14.1. The van der Waals surface area contributed by atoms with Crippen molar-refractivity contribution < 1.29 is 33.3 Å². The molecule has 9 heteroatoms. The van der Waals surface area contributed by atoms with E-state index in [0.29, 0.717) is 34.1 Å². The number of carbonyl (C=O) groups excluding carboxylic acids is 2. The number of nitrogens with one attached hydrogen (secondary N) is 1. The quantitative estimate of drug-likeness (QED) is 0.679. The maximum Gasteiger partial charge on any atom is 0.409 e. The van der Waals surface area contributed by atoms with Crippen molar-refractivity contribution in [1.29, 1.82) is 0 Å². The molecule has 2 aromatic rings. The van der Waals surface area contributed by atoms with Crippen molar-refractivity contribution in [2.45, 2.75) is 31.9 Å². The van der Waals surface area contributed by atoms with Gasteiger partial charge in [0.25, 0.3) is 5.91 Å². The standard InChI is InChI=1S/C24H30N2O7/c1-23(2,3)33-22(28)25-24(20-18(31-6)12-15(30-5)13-19(20)32-7)16-10-8-9-11-17(16)26(14-29-4)21(24)27/h8-13H,14H2,1-7H3,(H,25,28)/t24-/m1/s1. The highest BCUT2D eigenvalue weighted by Crippen LogP contribution is 2.51. The van der Waals surface area contributed by atoms with Gasteiger partial charge in [-0.15, -0.1) is 0 Å². The van der Waals surface area contributed by atoms with Crippen LogP contribution in [0.1, 0.15) is 31.9 Å². The second-order valence-corrected chi connectivity index (χ2v) is 8.45. The first-order chi connectivity index (χ1) is 15.6. The predicted octanol–water partition coefficient (Wildman–Crippen LogP) is 3.43. The first kappa shape index (κ1) is 24.2. The normalized spacial score (nSPS) is 17.4. The van der Waals surface area contributed by atoms with E-state index in [1.807, 2.05) is 0 Å². The van der Waals surface area contributed by atoms with Crippen molar-refractivity contribution in [2.24, 2.45) is 0 Å². The molecular weight excluding hydrogens is 428 g/mol. The Balaban J connectivity index is 2.36. The highest BCUT2D eigenvalue weighted by molar-refractivity contribution is 6.12. The van der Waals surface area contributed by atoms with Crippen molar-refractivity contribution in [3.8, 4) is 17.2 Å². The van der Waals surface area contributed by atoms with E-state index < -0.39 is 23.1 Å². The van der Waals surface area contributed by atoms with Gasteiger partial charge in [-0.3, -0.25) is 15.0 Å². The van der Waals surface area contributed by atoms with Gasteiger partial charge in [0.05, 0.1) is 32.6 Å². The van der Waals surface area contributed by atoms with E-state index >= 15 is 0 Å². The minimum absolute atomic E-state index is 0.0195. The number of ether oxygens (including phenoxy) is 5. The van der Waals surface area contributed by atoms with E-state index in [0.717, 1.165) is 0 Å². The highest BCUT2D eigenvalue weighted by Gasteiger charge is 2.57. The van der Waals surface area contributed by atoms with E-state index in [-0.39, 0.29) is 6.73 Å². The van der Waals surface area contributed by atoms with Crippen LogP contribution in [-0.4, -0.2) is 52.8 Å². The number of fused-ring (bicyclic) bond motifs is 1. The molecule has 0 aromatic heterocycles. The number of alkyl carbamates (subject to hydrolysis) is 1. The molecule has 178 valence electrons. The zero-order valence-corrected chi connectivity index (χ0v) is 20.0. The summed E-state index contributed by atoms with van der Waals surface area (Å²) in [5.74, 6) is 0.611. The fraction of sp³-hybridized carbons (Fsp3) is 0.417. The molecule has 2 aromatic carbocycles. The van der Waals surface area contributed by atoms with Crippen LogP contribution in [0.3, 0.4) is 0 Å². The van der Waals surface area contributed by atoms with Crippen molar-refractivity contribution in [1.82, 2.24) is 5.32 Å². The zero-order valence-electron chi connectivity index (χ0n) is 20.0. The number of benzene rings is 2. The summed E-state index contributed by atoms with van der Waals surface area (Å²) >= 11 is 0. The number of rotatable bonds is 7. The number of carbonyl (C=O) groups is 2. The predicted molar refractivity (Wildman–Crippen MR) is 122 cm³/mol. The molecule has 1 heterocycles. The number of para-hydroxylation sites is 1. The first-order valence-corrected chi connectivity index (χ1v) is 10.3. The van der Waals surface area contributed by atoms with Gasteiger partial charge in [0.1, 0.15) is 29.6 Å². The van der Waals surface area contributed by atoms with Crippen molar-refractivity contribution in [3.05, 3.63) is 47.5 Å². The lowest BCUT2D eigenvalue weighted by Crippen LogP contribution is -2.55. The summed E-state index contributed by atoms with van der Waals surface area (Å²) in [5.41, 5.74) is -1.07. The van der Waals surface area contributed by atoms with Crippen LogP contribution >= 0.6 is 0 Å². The van der Waals surface area contributed by atoms with Crippen LogP contribution in [0.2, 0.25) is 0 Å². The first-order valence-electron chi connectivity index (χ1n) is 10.3. The molecule has 1 N–H and O–H groups in total. The summed E-state index contributed by atoms with van der Waals surface area (Å²) < 4.78 is 27.5. The minimum atomic E-state index is -1.71. The van der Waals surface area contributed by atoms with Crippen molar-refractivity contribution in [2.75, 3.05) is 40.1 Å². The van der Waals surface area contributed by atoms with Gasteiger partial charge < -0.3 is 23.7 Å². The topological polar surface area (TPSA) is 95.6 Å². The summed E-state index contributed by atoms with van der Waals surface area (Å²) in [6, 6.07) is 10.4. The third-order valence-electron chi connectivity index (χ3n) is 5.20. The third kappa shape index (κ3) is 4.28. The smallest absolute Gasteiger partial charge is 0.409 e. The summed E-state index contributed by atoms with van der Waals surface area (Å²) in [4.78, 5) is 28.6. The number of hydrogen-bond acceptors (Lipinski definition) is 7. The molecule has 9 nitrogen and oxygen atoms in total. The number of hydrogen-bond donors (Lipinski definition) is 1. The minimum Gasteiger partial charge on any atom is -0.496 e. The maximum absolute atomic E-state index is 14.1. The van der Waals surface area contributed by atoms with Crippen LogP contribution in [0.15, 0.2) is 36.4 Å². The van der Waals surface area contributed by atoms with Gasteiger partial charge >= 0.3 is 6.09 Å². The largest absolute Gasteiger partial charge is 0.496 e. The molecule has 0 saturated carbocycles. The average Bonchev–Trinajstić information content (AvgIpc) is 3.00. The Morgan fingerprint density at radius 1 is 1.00 bits per heavy atom. The Morgan fingerprint density at radius 2 is 1.61 bits per heavy atom. The van der Waals surface area contributed by atoms with Crippen molar-refractivity contribution >= 4 is 17.7 Å². The van der Waals surface area contributed by atoms with Gasteiger partial charge in [0.2, 0.25) is 0 Å². The van der Waals surface area contributed by atoms with E-state index in [9.17, 15) is 9.59 Å². The summed E-state index contributed by atoms with van der Waals surface area (Å²) in [5, 5.41) is 2.84. The van der Waals surface area contributed by atoms with E-state index in [4.69, 9.17) is 23.7 Å². The van der Waals surface area contributed by atoms with Crippen LogP contribution in [0.4, 0.5) is 10.5 Å². The Hall–Kier alpha value is -3.46. The van der Waals surface area contributed by atoms with Crippen LogP contribution in [0.5, 0.6) is 17.2 Å². The van der Waals surface area contributed by atoms with E-state index in [1.165, 1.54) is 33.3 Å². The van der Waals surface area contributed by atoms with Crippen LogP contribution in [0.25, 0.3) is 0 Å². The Labute approximate surface area is 193 Å². The Bertz CT molecular complexity index is 1020. The van der Waals surface area contributed by atoms with E-state index in [1.54, 1.807) is 57.2 Å². The monoisotopic (exact) mass is 458 g/mol. The lowest BCUT2D eigenvalue weighted by Gasteiger charge is -2.33. The fourth-order valence-electron chi connectivity index (χ4n) is 3.97. The second-order valence-electron chi connectivity index (χ2n) is 8.45. The summed E-state index contributed by atoms with van der Waals surface area (Å²) in [6.07, 6.45) is -0.773. The molecular formula is C24H30N2O7. The van der Waals surface area contributed by atoms with Gasteiger partial charge in [-0.05, 0) is 26.8 Å². The molecule has 2 amide bonds. The number of nitrogens with zero attached hydrogens (tertiary/aromatic N) is 1. The number of amides is 2. The molecule has 1 aliphatic heterocycles. The third-order valence-corrected chi connectivity index (χ3v) is 5.20. The van der Waals surface area contributed by atoms with Crippen LogP contribution in [-0.2, 0) is 19.8 Å². The Morgan fingerprint density at radius 3 is 2.12 bits per heavy atom. The fourth-order valence-corrected chi connectivity index (χ4v) is 3.97. The molecule has 0 unspecified atom stereocenters. The molecule has 0 bridgehead atoms. The second kappa shape index (κ2) is 9.19. The zero-order chi connectivity index (χ0) is 24.4. The van der Waals surface area contributed by atoms with Gasteiger partial charge in [0.15, 0.2) is 5.54 Å². The van der Waals surface area contributed by atoms with Crippen LogP contribution in [0, 0.1) is 0 Å². The molecule has 0 spiro atoms. The Kier molecular flexibility index (Phi) is 6.73. The summed E-state index contributed by atoms with van der Waals surface area (Å²) in [7, 11) is 5.94. The van der Waals surface area contributed by atoms with Gasteiger partial charge in [-0.2, -0.15) is 0 Å². The van der Waals surface area contributed by atoms with E-state index in [2.05, 4.69) is 5.32 Å². The number of anilines is 1. The molecule has 0 radical (unpaired) electrons. The molecule has 0 saturated heterocycles. The SMILES string of the molecule is COCN1C(=O)[C@](NC(=O)OC(C)(C)C)(c2c(OC)cc(OC)cc2OC)c2ccccc21. The van der Waals surface area contributed by atoms with Gasteiger partial charge in [-0.1, -0.05) is 18.2 Å². The molecule has 0 fully saturated rings. The van der Waals surface area contributed by atoms with Gasteiger partial charge in [0, 0.05) is 24.8 Å². The van der Waals surface area contributed by atoms with Crippen molar-refractivity contribution in [3.63, 3.8) is 0 Å². The number of methoxy groups -OCH3 is 4. The molecule has 0 aliphatic carbocycles. The molecule has 3 rings (SSSR count). The van der Waals surface area contributed by atoms with Crippen LogP contribution < -0.4 is 24.4 Å². The molecule has 1 atom stereocenters. The molecule has 1 aliphatic rings. The molecule has 33 heavy (non-hydrogen) atoms.